The van der Waals surface area contributed by atoms with Gasteiger partial charge < -0.3 is 15.2 Å². The lowest BCUT2D eigenvalue weighted by molar-refractivity contribution is 0.220. The Labute approximate surface area is 90.1 Å². The minimum Gasteiger partial charge on any atom is -0.497 e. The highest BCUT2D eigenvalue weighted by Crippen LogP contribution is 2.44. The first-order valence-corrected chi connectivity index (χ1v) is 5.27. The van der Waals surface area contributed by atoms with Crippen molar-refractivity contribution in [1.29, 1.82) is 0 Å². The van der Waals surface area contributed by atoms with Crippen LogP contribution in [0.2, 0.25) is 0 Å². The van der Waals surface area contributed by atoms with Crippen molar-refractivity contribution in [3.63, 3.8) is 0 Å². The number of methoxy groups -OCH3 is 1. The zero-order valence-electron chi connectivity index (χ0n) is 8.99. The Morgan fingerprint density at radius 3 is 2.87 bits per heavy atom. The number of hydrogen-bond acceptors (Lipinski definition) is 3. The van der Waals surface area contributed by atoms with Gasteiger partial charge in [-0.1, -0.05) is 6.07 Å². The normalized spacial score (nSPS) is 17.2. The van der Waals surface area contributed by atoms with E-state index < -0.39 is 0 Å². The maximum atomic E-state index is 9.17. The van der Waals surface area contributed by atoms with Gasteiger partial charge in [0.05, 0.1) is 13.7 Å². The van der Waals surface area contributed by atoms with E-state index in [2.05, 4.69) is 5.32 Å². The highest BCUT2D eigenvalue weighted by atomic mass is 16.5. The maximum Gasteiger partial charge on any atom is 0.120 e. The zero-order valence-corrected chi connectivity index (χ0v) is 8.99. The van der Waals surface area contributed by atoms with Gasteiger partial charge in [-0.3, -0.25) is 0 Å². The van der Waals surface area contributed by atoms with E-state index in [9.17, 15) is 5.11 Å². The molecule has 1 saturated carbocycles. The van der Waals surface area contributed by atoms with Crippen molar-refractivity contribution in [1.82, 2.24) is 0 Å². The molecule has 0 aromatic heterocycles. The van der Waals surface area contributed by atoms with Crippen LogP contribution in [0, 0.1) is 5.41 Å². The van der Waals surface area contributed by atoms with Gasteiger partial charge in [-0.15, -0.1) is 0 Å². The predicted molar refractivity (Wildman–Crippen MR) is 60.2 cm³/mol. The first-order valence-electron chi connectivity index (χ1n) is 5.27. The van der Waals surface area contributed by atoms with Gasteiger partial charge in [0.2, 0.25) is 0 Å². The fourth-order valence-electron chi connectivity index (χ4n) is 1.59. The molecule has 0 heterocycles. The second kappa shape index (κ2) is 4.11. The molecule has 3 nitrogen and oxygen atoms in total. The molecule has 1 aliphatic rings. The lowest BCUT2D eigenvalue weighted by Crippen LogP contribution is -2.18. The van der Waals surface area contributed by atoms with Crippen LogP contribution in [0.1, 0.15) is 12.8 Å². The number of aliphatic hydroxyl groups excluding tert-OH is 1. The molecule has 0 bridgehead atoms. The van der Waals surface area contributed by atoms with Gasteiger partial charge in [0.25, 0.3) is 0 Å². The minimum atomic E-state index is 0.142. The topological polar surface area (TPSA) is 41.5 Å². The van der Waals surface area contributed by atoms with Gasteiger partial charge in [-0.25, -0.2) is 0 Å². The minimum absolute atomic E-state index is 0.142. The fourth-order valence-corrected chi connectivity index (χ4v) is 1.59. The van der Waals surface area contributed by atoms with Crippen LogP contribution in [0.15, 0.2) is 24.3 Å². The van der Waals surface area contributed by atoms with Crippen molar-refractivity contribution >= 4 is 5.69 Å². The summed E-state index contributed by atoms with van der Waals surface area (Å²) in [4.78, 5) is 0. The Bertz CT molecular complexity index is 334. The molecule has 2 rings (SSSR count). The van der Waals surface area contributed by atoms with Crippen molar-refractivity contribution in [3.05, 3.63) is 24.3 Å². The predicted octanol–water partition coefficient (Wildman–Crippen LogP) is 1.88. The first-order chi connectivity index (χ1) is 7.28. The van der Waals surface area contributed by atoms with Gasteiger partial charge in [0, 0.05) is 23.7 Å². The average molecular weight is 207 g/mol. The third-order valence-electron chi connectivity index (χ3n) is 3.03. The van der Waals surface area contributed by atoms with E-state index in [0.29, 0.717) is 0 Å². The van der Waals surface area contributed by atoms with Crippen molar-refractivity contribution in [2.75, 3.05) is 25.6 Å². The molecule has 0 aliphatic heterocycles. The summed E-state index contributed by atoms with van der Waals surface area (Å²) >= 11 is 0. The Hall–Kier alpha value is -1.22. The fraction of sp³-hybridized carbons (Fsp3) is 0.500. The maximum absolute atomic E-state index is 9.17. The molecule has 1 aromatic rings. The summed E-state index contributed by atoms with van der Waals surface area (Å²) in [6.45, 7) is 1.13. The number of ether oxygens (including phenoxy) is 1. The van der Waals surface area contributed by atoms with E-state index in [-0.39, 0.29) is 12.0 Å². The van der Waals surface area contributed by atoms with Crippen LogP contribution >= 0.6 is 0 Å². The Morgan fingerprint density at radius 2 is 2.27 bits per heavy atom. The highest BCUT2D eigenvalue weighted by molar-refractivity contribution is 5.48. The van der Waals surface area contributed by atoms with Gasteiger partial charge in [0.1, 0.15) is 5.75 Å². The monoisotopic (exact) mass is 207 g/mol. The number of hydrogen-bond donors (Lipinski definition) is 2. The molecular weight excluding hydrogens is 190 g/mol. The molecule has 3 heteroatoms. The summed E-state index contributed by atoms with van der Waals surface area (Å²) in [6.07, 6.45) is 2.25. The van der Waals surface area contributed by atoms with Crippen molar-refractivity contribution in [2.45, 2.75) is 12.8 Å². The summed E-state index contributed by atoms with van der Waals surface area (Å²) < 4.78 is 5.14. The molecule has 1 fully saturated rings. The van der Waals surface area contributed by atoms with E-state index in [0.717, 1.165) is 30.8 Å². The average Bonchev–Trinajstić information content (AvgIpc) is 3.07. The molecule has 0 saturated heterocycles. The van der Waals surface area contributed by atoms with Crippen LogP contribution in [0.25, 0.3) is 0 Å². The first kappa shape index (κ1) is 10.3. The van der Waals surface area contributed by atoms with Crippen LogP contribution in [0.3, 0.4) is 0 Å². The second-order valence-corrected chi connectivity index (χ2v) is 4.24. The SMILES string of the molecule is COc1cccc(NCC2(CO)CC2)c1. The summed E-state index contributed by atoms with van der Waals surface area (Å²) in [5, 5.41) is 12.5. The van der Waals surface area contributed by atoms with Gasteiger partial charge >= 0.3 is 0 Å². The number of nitrogens with one attached hydrogen (secondary N) is 1. The van der Waals surface area contributed by atoms with Crippen LogP contribution in [0.4, 0.5) is 5.69 Å². The molecule has 15 heavy (non-hydrogen) atoms. The Balaban J connectivity index is 1.93. The largest absolute Gasteiger partial charge is 0.497 e. The zero-order chi connectivity index (χ0) is 10.7. The summed E-state index contributed by atoms with van der Waals surface area (Å²) in [7, 11) is 1.66. The lowest BCUT2D eigenvalue weighted by Gasteiger charge is -2.14. The third-order valence-corrected chi connectivity index (χ3v) is 3.03. The third kappa shape index (κ3) is 2.42. The summed E-state index contributed by atoms with van der Waals surface area (Å²) in [5.41, 5.74) is 1.19. The molecule has 0 atom stereocenters. The van der Waals surface area contributed by atoms with E-state index >= 15 is 0 Å². The van der Waals surface area contributed by atoms with Crippen LogP contribution in [-0.4, -0.2) is 25.4 Å². The number of rotatable bonds is 5. The molecule has 0 spiro atoms. The van der Waals surface area contributed by atoms with Crippen molar-refractivity contribution in [3.8, 4) is 5.75 Å². The number of aliphatic hydroxyl groups is 1. The smallest absolute Gasteiger partial charge is 0.120 e. The number of anilines is 1. The second-order valence-electron chi connectivity index (χ2n) is 4.24. The van der Waals surface area contributed by atoms with Crippen LogP contribution in [-0.2, 0) is 0 Å². The molecule has 0 unspecified atom stereocenters. The number of benzene rings is 1. The van der Waals surface area contributed by atoms with Crippen LogP contribution < -0.4 is 10.1 Å². The highest BCUT2D eigenvalue weighted by Gasteiger charge is 2.41. The van der Waals surface area contributed by atoms with Gasteiger partial charge in [-0.05, 0) is 25.0 Å². The molecule has 1 aromatic carbocycles. The Morgan fingerprint density at radius 1 is 1.47 bits per heavy atom. The molecule has 0 amide bonds. The molecule has 82 valence electrons. The lowest BCUT2D eigenvalue weighted by atomic mass is 10.1. The standard InChI is InChI=1S/C12H17NO2/c1-15-11-4-2-3-10(7-11)13-8-12(9-14)5-6-12/h2-4,7,13-14H,5-6,8-9H2,1H3. The van der Waals surface area contributed by atoms with E-state index in [1.807, 2.05) is 24.3 Å². The molecule has 2 N–H and O–H groups in total. The summed E-state index contributed by atoms with van der Waals surface area (Å²) in [6, 6.07) is 7.85. The van der Waals surface area contributed by atoms with Gasteiger partial charge in [-0.2, -0.15) is 0 Å². The van der Waals surface area contributed by atoms with Crippen molar-refractivity contribution < 1.29 is 9.84 Å². The van der Waals surface area contributed by atoms with E-state index in [4.69, 9.17) is 4.74 Å². The van der Waals surface area contributed by atoms with E-state index in [1.165, 1.54) is 0 Å². The molecule has 1 aliphatic carbocycles. The molecular formula is C12H17NO2. The Kier molecular flexibility index (Phi) is 2.82. The summed E-state index contributed by atoms with van der Waals surface area (Å²) in [5.74, 6) is 0.855. The quantitative estimate of drug-likeness (QED) is 0.774. The van der Waals surface area contributed by atoms with Crippen molar-refractivity contribution in [2.24, 2.45) is 5.41 Å². The van der Waals surface area contributed by atoms with Gasteiger partial charge in [0.15, 0.2) is 0 Å². The van der Waals surface area contributed by atoms with Crippen LogP contribution in [0.5, 0.6) is 5.75 Å². The molecule has 0 radical (unpaired) electrons. The van der Waals surface area contributed by atoms with E-state index in [1.54, 1.807) is 7.11 Å².